The van der Waals surface area contributed by atoms with E-state index in [1.807, 2.05) is 61.5 Å². The van der Waals surface area contributed by atoms with E-state index < -0.39 is 0 Å². The van der Waals surface area contributed by atoms with E-state index in [2.05, 4.69) is 32.7 Å². The lowest BCUT2D eigenvalue weighted by Gasteiger charge is -2.29. The summed E-state index contributed by atoms with van der Waals surface area (Å²) in [5, 5.41) is 7.59. The highest BCUT2D eigenvalue weighted by Gasteiger charge is 2.19. The van der Waals surface area contributed by atoms with Crippen LogP contribution in [0.3, 0.4) is 0 Å². The number of fused-ring (bicyclic) bond motifs is 2. The molecule has 1 amide bonds. The summed E-state index contributed by atoms with van der Waals surface area (Å²) in [6, 6.07) is 21.8. The maximum absolute atomic E-state index is 12.9. The van der Waals surface area contributed by atoms with Gasteiger partial charge in [0, 0.05) is 54.2 Å². The van der Waals surface area contributed by atoms with Gasteiger partial charge in [0.05, 0.1) is 19.7 Å². The van der Waals surface area contributed by atoms with Gasteiger partial charge in [-0.05, 0) is 66.9 Å². The van der Waals surface area contributed by atoms with Crippen LogP contribution in [0.2, 0.25) is 0 Å². The molecule has 7 nitrogen and oxygen atoms in total. The number of rotatable bonds is 8. The average Bonchev–Trinajstić information content (AvgIpc) is 2.92. The van der Waals surface area contributed by atoms with Crippen molar-refractivity contribution >= 4 is 28.2 Å². The summed E-state index contributed by atoms with van der Waals surface area (Å²) in [4.78, 5) is 19.9. The van der Waals surface area contributed by atoms with Crippen LogP contribution in [0, 0.1) is 6.92 Å². The number of amides is 1. The van der Waals surface area contributed by atoms with Crippen LogP contribution in [0.25, 0.3) is 10.9 Å². The number of aromatic nitrogens is 1. The van der Waals surface area contributed by atoms with Gasteiger partial charge >= 0.3 is 0 Å². The van der Waals surface area contributed by atoms with Crippen LogP contribution in [-0.2, 0) is 13.0 Å². The van der Waals surface area contributed by atoms with E-state index in [1.165, 1.54) is 11.1 Å². The van der Waals surface area contributed by atoms with Gasteiger partial charge < -0.3 is 20.1 Å². The molecule has 7 heteroatoms. The van der Waals surface area contributed by atoms with Crippen molar-refractivity contribution in [2.24, 2.45) is 0 Å². The van der Waals surface area contributed by atoms with Crippen molar-refractivity contribution in [1.29, 1.82) is 0 Å². The first-order chi connectivity index (χ1) is 18.0. The van der Waals surface area contributed by atoms with Crippen molar-refractivity contribution in [1.82, 2.24) is 15.2 Å². The second-order valence-corrected chi connectivity index (χ2v) is 9.29. The van der Waals surface area contributed by atoms with Crippen LogP contribution in [0.4, 0.5) is 11.4 Å². The molecule has 1 aliphatic rings. The van der Waals surface area contributed by atoms with Gasteiger partial charge in [-0.3, -0.25) is 14.7 Å². The summed E-state index contributed by atoms with van der Waals surface area (Å²) in [7, 11) is 3.32. The van der Waals surface area contributed by atoms with Gasteiger partial charge in [-0.15, -0.1) is 0 Å². The molecule has 4 aromatic rings. The molecule has 1 aromatic heterocycles. The minimum Gasteiger partial charge on any atom is -0.493 e. The Morgan fingerprint density at radius 1 is 0.973 bits per heavy atom. The topological polar surface area (TPSA) is 75.7 Å². The number of carbonyl (C=O) groups is 1. The summed E-state index contributed by atoms with van der Waals surface area (Å²) < 4.78 is 10.9. The fraction of sp³-hybridized carbons (Fsp3) is 0.267. The van der Waals surface area contributed by atoms with Crippen LogP contribution in [0.1, 0.15) is 27.2 Å². The van der Waals surface area contributed by atoms with Gasteiger partial charge in [0.1, 0.15) is 0 Å². The van der Waals surface area contributed by atoms with E-state index in [1.54, 1.807) is 14.2 Å². The van der Waals surface area contributed by atoms with Gasteiger partial charge in [-0.25, -0.2) is 0 Å². The number of nitrogens with one attached hydrogen (secondary N) is 2. The molecule has 0 bridgehead atoms. The van der Waals surface area contributed by atoms with Crippen molar-refractivity contribution in [3.8, 4) is 11.5 Å². The highest BCUT2D eigenvalue weighted by Crippen LogP contribution is 2.33. The van der Waals surface area contributed by atoms with E-state index in [0.29, 0.717) is 12.1 Å². The zero-order chi connectivity index (χ0) is 25.8. The number of benzene rings is 3. The summed E-state index contributed by atoms with van der Waals surface area (Å²) >= 11 is 0. The number of ether oxygens (including phenoxy) is 2. The molecule has 0 aliphatic carbocycles. The Morgan fingerprint density at radius 3 is 2.57 bits per heavy atom. The quantitative estimate of drug-likeness (QED) is 0.354. The van der Waals surface area contributed by atoms with Crippen LogP contribution < -0.4 is 20.1 Å². The molecule has 2 heterocycles. The van der Waals surface area contributed by atoms with Crippen LogP contribution in [-0.4, -0.2) is 49.6 Å². The molecule has 0 radical (unpaired) electrons. The Kier molecular flexibility index (Phi) is 7.23. The fourth-order valence-electron chi connectivity index (χ4n) is 4.87. The van der Waals surface area contributed by atoms with E-state index >= 15 is 0 Å². The lowest BCUT2D eigenvalue weighted by atomic mass is 9.99. The molecule has 0 spiro atoms. The Bertz CT molecular complexity index is 1440. The molecule has 0 saturated heterocycles. The third kappa shape index (κ3) is 5.52. The number of anilines is 2. The highest BCUT2D eigenvalue weighted by molar-refractivity contribution is 5.96. The van der Waals surface area contributed by atoms with Gasteiger partial charge in [0.2, 0.25) is 0 Å². The first-order valence-corrected chi connectivity index (χ1v) is 12.5. The molecule has 3 aromatic carbocycles. The molecule has 0 unspecified atom stereocenters. The molecule has 0 saturated carbocycles. The maximum atomic E-state index is 12.9. The van der Waals surface area contributed by atoms with Gasteiger partial charge in [-0.2, -0.15) is 0 Å². The summed E-state index contributed by atoms with van der Waals surface area (Å²) in [5.41, 5.74) is 6.87. The molecule has 2 N–H and O–H groups in total. The third-order valence-electron chi connectivity index (χ3n) is 6.76. The van der Waals surface area contributed by atoms with Crippen molar-refractivity contribution in [2.75, 3.05) is 39.2 Å². The number of carbonyl (C=O) groups excluding carboxylic acids is 1. The fourth-order valence-corrected chi connectivity index (χ4v) is 4.87. The Morgan fingerprint density at radius 2 is 1.76 bits per heavy atom. The van der Waals surface area contributed by atoms with Gasteiger partial charge in [-0.1, -0.05) is 24.3 Å². The first-order valence-electron chi connectivity index (χ1n) is 12.5. The van der Waals surface area contributed by atoms with Crippen molar-refractivity contribution in [2.45, 2.75) is 19.9 Å². The van der Waals surface area contributed by atoms with Crippen LogP contribution in [0.5, 0.6) is 11.5 Å². The van der Waals surface area contributed by atoms with Gasteiger partial charge in [0.25, 0.3) is 5.91 Å². The minimum absolute atomic E-state index is 0.0803. The van der Waals surface area contributed by atoms with Crippen molar-refractivity contribution in [3.05, 3.63) is 89.1 Å². The third-order valence-corrected chi connectivity index (χ3v) is 6.76. The SMILES string of the molecule is COc1cc2c(cc1OC)CN(CCNC(=O)c1cccc(Nc3cc(C)nc4ccccc34)c1)CC2. The normalized spacial score (nSPS) is 13.2. The lowest BCUT2D eigenvalue weighted by molar-refractivity contribution is 0.0947. The highest BCUT2D eigenvalue weighted by atomic mass is 16.5. The first kappa shape index (κ1) is 24.6. The lowest BCUT2D eigenvalue weighted by Crippen LogP contribution is -2.37. The molecule has 0 atom stereocenters. The Labute approximate surface area is 217 Å². The monoisotopic (exact) mass is 496 g/mol. The maximum Gasteiger partial charge on any atom is 0.251 e. The minimum atomic E-state index is -0.0803. The number of methoxy groups -OCH3 is 2. The Balaban J connectivity index is 1.20. The molecule has 37 heavy (non-hydrogen) atoms. The molecular weight excluding hydrogens is 464 g/mol. The number of nitrogens with zero attached hydrogens (tertiary/aromatic N) is 2. The zero-order valence-corrected chi connectivity index (χ0v) is 21.5. The number of para-hydroxylation sites is 1. The molecule has 5 rings (SSSR count). The number of hydrogen-bond acceptors (Lipinski definition) is 6. The van der Waals surface area contributed by atoms with E-state index in [-0.39, 0.29) is 5.91 Å². The molecule has 1 aliphatic heterocycles. The van der Waals surface area contributed by atoms with E-state index in [0.717, 1.165) is 65.5 Å². The summed E-state index contributed by atoms with van der Waals surface area (Å²) in [6.07, 6.45) is 0.945. The predicted octanol–water partition coefficient (Wildman–Crippen LogP) is 5.09. The zero-order valence-electron chi connectivity index (χ0n) is 21.5. The van der Waals surface area contributed by atoms with Crippen molar-refractivity contribution in [3.63, 3.8) is 0 Å². The second-order valence-electron chi connectivity index (χ2n) is 9.29. The number of hydrogen-bond donors (Lipinski definition) is 2. The standard InChI is InChI=1S/C30H32N4O3/c1-20-15-27(25-9-4-5-10-26(25)32-20)33-24-8-6-7-22(16-24)30(35)31-12-14-34-13-11-21-17-28(36-2)29(37-3)18-23(21)19-34/h4-10,15-18H,11-14,19H2,1-3H3,(H,31,35)(H,32,33). The average molecular weight is 497 g/mol. The summed E-state index contributed by atoms with van der Waals surface area (Å²) in [5.74, 6) is 1.44. The molecule has 190 valence electrons. The summed E-state index contributed by atoms with van der Waals surface area (Å²) in [6.45, 7) is 5.10. The van der Waals surface area contributed by atoms with Crippen LogP contribution >= 0.6 is 0 Å². The largest absolute Gasteiger partial charge is 0.493 e. The Hall–Kier alpha value is -4.10. The van der Waals surface area contributed by atoms with Crippen LogP contribution in [0.15, 0.2) is 66.7 Å². The molecule has 0 fully saturated rings. The van der Waals surface area contributed by atoms with E-state index in [9.17, 15) is 4.79 Å². The van der Waals surface area contributed by atoms with Gasteiger partial charge in [0.15, 0.2) is 11.5 Å². The number of pyridine rings is 1. The van der Waals surface area contributed by atoms with E-state index in [4.69, 9.17) is 9.47 Å². The predicted molar refractivity (Wildman–Crippen MR) is 147 cm³/mol. The number of aryl methyl sites for hydroxylation is 1. The molecular formula is C30H32N4O3. The smallest absolute Gasteiger partial charge is 0.251 e. The van der Waals surface area contributed by atoms with Crippen molar-refractivity contribution < 1.29 is 14.3 Å². The second kappa shape index (κ2) is 10.9.